The van der Waals surface area contributed by atoms with Crippen LogP contribution in [0.2, 0.25) is 0 Å². The van der Waals surface area contributed by atoms with Crippen molar-refractivity contribution in [1.82, 2.24) is 0 Å². The molecule has 0 unspecified atom stereocenters. The van der Waals surface area contributed by atoms with Gasteiger partial charge >= 0.3 is 0 Å². The smallest absolute Gasteiger partial charge is 0.120 e. The summed E-state index contributed by atoms with van der Waals surface area (Å²) in [6.07, 6.45) is 3.00. The Balaban J connectivity index is 2.65. The minimum atomic E-state index is -0.181. The molecule has 1 aliphatic heterocycles. The third-order valence-corrected chi connectivity index (χ3v) is 0.670. The molecule has 1 rings (SSSR count). The molecule has 34 valence electrons. The summed E-state index contributed by atoms with van der Waals surface area (Å²) in [4.78, 5) is 0. The molecule has 0 aromatic heterocycles. The van der Waals surface area contributed by atoms with Gasteiger partial charge in [0.05, 0.1) is 6.07 Å². The lowest BCUT2D eigenvalue weighted by Gasteiger charge is -1.75. The zero-order valence-electron chi connectivity index (χ0n) is 3.57. The maximum absolute atomic E-state index is 8.13. The molecule has 0 amide bonds. The van der Waals surface area contributed by atoms with Crippen molar-refractivity contribution in [3.05, 3.63) is 0 Å². The van der Waals surface area contributed by atoms with E-state index in [0.717, 1.165) is 0 Å². The number of nitrogens with zero attached hydrogens (tertiary/aromatic N) is 3. The first-order chi connectivity index (χ1) is 3.43. The van der Waals surface area contributed by atoms with Crippen LogP contribution in [-0.2, 0) is 0 Å². The molecule has 3 heteroatoms. The monoisotopic (exact) mass is 93.0 g/mol. The van der Waals surface area contributed by atoms with Crippen molar-refractivity contribution in [2.45, 2.75) is 0 Å². The van der Waals surface area contributed by atoms with Gasteiger partial charge in [0.2, 0.25) is 0 Å². The highest BCUT2D eigenvalue weighted by Crippen LogP contribution is 1.91. The number of rotatable bonds is 0. The normalized spacial score (nSPS) is 17.6. The van der Waals surface area contributed by atoms with Gasteiger partial charge in [-0.15, -0.1) is 0 Å². The van der Waals surface area contributed by atoms with Gasteiger partial charge in [-0.1, -0.05) is 0 Å². The fourth-order valence-electron chi connectivity index (χ4n) is 0.326. The van der Waals surface area contributed by atoms with E-state index in [1.165, 1.54) is 12.4 Å². The quantitative estimate of drug-likeness (QED) is 0.422. The molecule has 0 aromatic carbocycles. The van der Waals surface area contributed by atoms with Crippen molar-refractivity contribution in [2.24, 2.45) is 16.1 Å². The topological polar surface area (TPSA) is 48.5 Å². The maximum atomic E-state index is 8.13. The minimum Gasteiger partial charge on any atom is -0.197 e. The van der Waals surface area contributed by atoms with Gasteiger partial charge in [-0.3, -0.25) is 0 Å². The highest BCUT2D eigenvalue weighted by molar-refractivity contribution is 5.89. The Morgan fingerprint density at radius 2 is 2.00 bits per heavy atom. The van der Waals surface area contributed by atoms with Crippen LogP contribution in [0, 0.1) is 17.2 Å². The van der Waals surface area contributed by atoms with Crippen LogP contribution in [0.1, 0.15) is 0 Å². The van der Waals surface area contributed by atoms with Crippen LogP contribution in [0.25, 0.3) is 0 Å². The van der Waals surface area contributed by atoms with E-state index >= 15 is 0 Å². The summed E-state index contributed by atoms with van der Waals surface area (Å²) < 4.78 is 0. The van der Waals surface area contributed by atoms with Gasteiger partial charge in [0.25, 0.3) is 0 Å². The molecule has 0 saturated heterocycles. The van der Waals surface area contributed by atoms with Gasteiger partial charge in [0.1, 0.15) is 5.92 Å². The lowest BCUT2D eigenvalue weighted by atomic mass is 10.2. The Bertz CT molecular complexity index is 139. The second-order valence-corrected chi connectivity index (χ2v) is 1.18. The van der Waals surface area contributed by atoms with E-state index in [1.807, 2.05) is 6.07 Å². The molecule has 0 fully saturated rings. The summed E-state index contributed by atoms with van der Waals surface area (Å²) in [5.41, 5.74) is 0. The van der Waals surface area contributed by atoms with E-state index in [9.17, 15) is 0 Å². The second-order valence-electron chi connectivity index (χ2n) is 1.18. The highest BCUT2D eigenvalue weighted by Gasteiger charge is 2.00. The Hall–Kier alpha value is -1.17. The molecular formula is C4H3N3. The molecule has 0 aromatic rings. The number of nitriles is 1. The summed E-state index contributed by atoms with van der Waals surface area (Å²) >= 11 is 0. The van der Waals surface area contributed by atoms with Crippen LogP contribution in [0.15, 0.2) is 10.2 Å². The lowest BCUT2D eigenvalue weighted by Crippen LogP contribution is -1.92. The number of hydrogen-bond donors (Lipinski definition) is 0. The van der Waals surface area contributed by atoms with Crippen LogP contribution in [0.4, 0.5) is 0 Å². The van der Waals surface area contributed by atoms with Crippen molar-refractivity contribution in [3.63, 3.8) is 0 Å². The first-order valence-corrected chi connectivity index (χ1v) is 1.90. The summed E-state index contributed by atoms with van der Waals surface area (Å²) in [7, 11) is 0. The predicted molar refractivity (Wildman–Crippen MR) is 26.1 cm³/mol. The van der Waals surface area contributed by atoms with E-state index in [0.29, 0.717) is 0 Å². The Labute approximate surface area is 41.0 Å². The highest BCUT2D eigenvalue weighted by atomic mass is 15.2. The average molecular weight is 93.1 g/mol. The van der Waals surface area contributed by atoms with Crippen LogP contribution in [0.5, 0.6) is 0 Å². The van der Waals surface area contributed by atoms with Crippen molar-refractivity contribution < 1.29 is 0 Å². The Kier molecular flexibility index (Phi) is 0.868. The third-order valence-electron chi connectivity index (χ3n) is 0.670. The van der Waals surface area contributed by atoms with Crippen LogP contribution < -0.4 is 0 Å². The lowest BCUT2D eigenvalue weighted by molar-refractivity contribution is 1.29. The summed E-state index contributed by atoms with van der Waals surface area (Å²) in [5.74, 6) is -0.181. The van der Waals surface area contributed by atoms with E-state index in [2.05, 4.69) is 10.2 Å². The van der Waals surface area contributed by atoms with Gasteiger partial charge in [-0.05, 0) is 0 Å². The molecule has 0 N–H and O–H groups in total. The standard InChI is InChI=1S/C4H3N3/c5-1-4-2-6-7-3-4/h2-4H. The van der Waals surface area contributed by atoms with Gasteiger partial charge in [-0.25, -0.2) is 0 Å². The van der Waals surface area contributed by atoms with Gasteiger partial charge < -0.3 is 0 Å². The molecule has 0 bridgehead atoms. The molecule has 0 radical (unpaired) electrons. The molecule has 1 heterocycles. The second kappa shape index (κ2) is 1.52. The third kappa shape index (κ3) is 0.631. The van der Waals surface area contributed by atoms with E-state index in [-0.39, 0.29) is 5.92 Å². The molecule has 3 nitrogen and oxygen atoms in total. The molecule has 1 aliphatic rings. The maximum Gasteiger partial charge on any atom is 0.120 e. The van der Waals surface area contributed by atoms with E-state index < -0.39 is 0 Å². The molecule has 0 spiro atoms. The van der Waals surface area contributed by atoms with Crippen LogP contribution in [-0.4, -0.2) is 12.4 Å². The SMILES string of the molecule is N#CC1C=NN=C1. The predicted octanol–water partition coefficient (Wildman–Crippen LogP) is 0.196. The Morgan fingerprint density at radius 3 is 2.29 bits per heavy atom. The average Bonchev–Trinajstić information content (AvgIpc) is 2.14. The zero-order valence-corrected chi connectivity index (χ0v) is 3.57. The summed E-state index contributed by atoms with van der Waals surface area (Å²) in [5, 5.41) is 15.0. The first kappa shape index (κ1) is 4.00. The van der Waals surface area contributed by atoms with Gasteiger partial charge in [0, 0.05) is 12.4 Å². The molecule has 0 aliphatic carbocycles. The van der Waals surface area contributed by atoms with E-state index in [4.69, 9.17) is 5.26 Å². The zero-order chi connectivity index (χ0) is 5.11. The molecule has 0 atom stereocenters. The minimum absolute atomic E-state index is 0.181. The number of hydrogen-bond acceptors (Lipinski definition) is 3. The fourth-order valence-corrected chi connectivity index (χ4v) is 0.326. The van der Waals surface area contributed by atoms with E-state index in [1.54, 1.807) is 0 Å². The van der Waals surface area contributed by atoms with Crippen molar-refractivity contribution in [1.29, 1.82) is 5.26 Å². The van der Waals surface area contributed by atoms with Crippen LogP contribution in [0.3, 0.4) is 0 Å². The fraction of sp³-hybridized carbons (Fsp3) is 0.250. The summed E-state index contributed by atoms with van der Waals surface area (Å²) in [6, 6.07) is 1.97. The van der Waals surface area contributed by atoms with Gasteiger partial charge in [0.15, 0.2) is 0 Å². The molecule has 0 saturated carbocycles. The van der Waals surface area contributed by atoms with Crippen molar-refractivity contribution in [3.8, 4) is 6.07 Å². The van der Waals surface area contributed by atoms with Crippen molar-refractivity contribution >= 4 is 12.4 Å². The summed E-state index contributed by atoms with van der Waals surface area (Å²) in [6.45, 7) is 0. The Morgan fingerprint density at radius 1 is 1.43 bits per heavy atom. The largest absolute Gasteiger partial charge is 0.197 e. The first-order valence-electron chi connectivity index (χ1n) is 1.90. The van der Waals surface area contributed by atoms with Crippen molar-refractivity contribution in [2.75, 3.05) is 0 Å². The molecule has 7 heavy (non-hydrogen) atoms. The van der Waals surface area contributed by atoms with Crippen LogP contribution >= 0.6 is 0 Å². The van der Waals surface area contributed by atoms with Gasteiger partial charge in [-0.2, -0.15) is 15.5 Å². The molecular weight excluding hydrogens is 90.1 g/mol.